The van der Waals surface area contributed by atoms with Gasteiger partial charge in [-0.2, -0.15) is 0 Å². The van der Waals surface area contributed by atoms with E-state index in [9.17, 15) is 4.21 Å². The van der Waals surface area contributed by atoms with Crippen molar-refractivity contribution in [1.29, 1.82) is 0 Å². The maximum absolute atomic E-state index is 12.7. The van der Waals surface area contributed by atoms with E-state index in [1.54, 1.807) is 0 Å². The second-order valence-corrected chi connectivity index (χ2v) is 7.80. The van der Waals surface area contributed by atoms with Crippen LogP contribution in [0.1, 0.15) is 57.9 Å². The first-order chi connectivity index (χ1) is 9.61. The van der Waals surface area contributed by atoms with Crippen molar-refractivity contribution in [2.75, 3.05) is 6.54 Å². The third-order valence-electron chi connectivity index (χ3n) is 4.20. The fraction of sp³-hybridized carbons (Fsp3) is 0.647. The molecular formula is C17H27NOS. The number of nitrogens with one attached hydrogen (secondary N) is 1. The molecule has 2 rings (SSSR count). The van der Waals surface area contributed by atoms with E-state index >= 15 is 0 Å². The Labute approximate surface area is 125 Å². The lowest BCUT2D eigenvalue weighted by Crippen LogP contribution is -2.37. The predicted molar refractivity (Wildman–Crippen MR) is 86.7 cm³/mol. The number of rotatable bonds is 5. The second-order valence-electron chi connectivity index (χ2n) is 6.06. The molecule has 0 heterocycles. The number of benzene rings is 1. The Morgan fingerprint density at radius 1 is 1.25 bits per heavy atom. The van der Waals surface area contributed by atoms with Crippen LogP contribution in [0.2, 0.25) is 0 Å². The average molecular weight is 293 g/mol. The van der Waals surface area contributed by atoms with Gasteiger partial charge >= 0.3 is 0 Å². The Balaban J connectivity index is 2.02. The van der Waals surface area contributed by atoms with Crippen molar-refractivity contribution in [3.8, 4) is 0 Å². The second kappa shape index (κ2) is 7.37. The lowest BCUT2D eigenvalue weighted by atomic mass is 9.95. The van der Waals surface area contributed by atoms with Crippen LogP contribution in [0.3, 0.4) is 0 Å². The Bertz CT molecular complexity index is 439. The van der Waals surface area contributed by atoms with E-state index < -0.39 is 10.8 Å². The van der Waals surface area contributed by atoms with Gasteiger partial charge in [0, 0.05) is 16.2 Å². The van der Waals surface area contributed by atoms with Gasteiger partial charge in [-0.3, -0.25) is 4.21 Å². The van der Waals surface area contributed by atoms with Crippen LogP contribution in [0.4, 0.5) is 0 Å². The van der Waals surface area contributed by atoms with E-state index in [1.165, 1.54) is 18.4 Å². The third-order valence-corrected chi connectivity index (χ3v) is 5.97. The first-order valence-corrected chi connectivity index (χ1v) is 9.07. The van der Waals surface area contributed by atoms with E-state index in [1.807, 2.05) is 0 Å². The van der Waals surface area contributed by atoms with Gasteiger partial charge in [-0.15, -0.1) is 0 Å². The third kappa shape index (κ3) is 3.92. The zero-order valence-corrected chi connectivity index (χ0v) is 13.7. The molecule has 112 valence electrons. The van der Waals surface area contributed by atoms with Gasteiger partial charge in [0.15, 0.2) is 0 Å². The van der Waals surface area contributed by atoms with Gasteiger partial charge in [0.25, 0.3) is 0 Å². The molecule has 1 aromatic rings. The number of hydrogen-bond donors (Lipinski definition) is 1. The quantitative estimate of drug-likeness (QED) is 0.893. The molecule has 1 aromatic carbocycles. The first kappa shape index (κ1) is 15.7. The van der Waals surface area contributed by atoms with Crippen LogP contribution in [0.5, 0.6) is 0 Å². The first-order valence-electron chi connectivity index (χ1n) is 7.85. The lowest BCUT2D eigenvalue weighted by Gasteiger charge is -2.29. The summed E-state index contributed by atoms with van der Waals surface area (Å²) in [5.41, 5.74) is 1.32. The summed E-state index contributed by atoms with van der Waals surface area (Å²) in [5.74, 6) is 0.533. The largest absolute Gasteiger partial charge is 0.314 e. The number of hydrogen-bond acceptors (Lipinski definition) is 2. The SMILES string of the molecule is CCNC1CCCC(S(=O)c2ccc(C(C)C)cc2)C1. The molecule has 0 spiro atoms. The van der Waals surface area contributed by atoms with Crippen LogP contribution in [0, 0.1) is 0 Å². The fourth-order valence-electron chi connectivity index (χ4n) is 2.99. The van der Waals surface area contributed by atoms with Gasteiger partial charge in [0.1, 0.15) is 0 Å². The summed E-state index contributed by atoms with van der Waals surface area (Å²) in [4.78, 5) is 0.997. The zero-order valence-electron chi connectivity index (χ0n) is 12.9. The van der Waals surface area contributed by atoms with Gasteiger partial charge < -0.3 is 5.32 Å². The fourth-order valence-corrected chi connectivity index (χ4v) is 4.57. The lowest BCUT2D eigenvalue weighted by molar-refractivity contribution is 0.383. The zero-order chi connectivity index (χ0) is 14.5. The monoisotopic (exact) mass is 293 g/mol. The molecule has 1 aliphatic carbocycles. The minimum atomic E-state index is -0.856. The predicted octanol–water partition coefficient (Wildman–Crippen LogP) is 3.84. The molecule has 0 aromatic heterocycles. The average Bonchev–Trinajstić information content (AvgIpc) is 2.47. The smallest absolute Gasteiger partial charge is 0.0561 e. The molecule has 3 atom stereocenters. The van der Waals surface area contributed by atoms with E-state index in [0.29, 0.717) is 17.2 Å². The molecule has 1 aliphatic rings. The van der Waals surface area contributed by atoms with Gasteiger partial charge in [-0.1, -0.05) is 39.3 Å². The summed E-state index contributed by atoms with van der Waals surface area (Å²) in [6.07, 6.45) is 4.57. The summed E-state index contributed by atoms with van der Waals surface area (Å²) in [6.45, 7) is 7.53. The van der Waals surface area contributed by atoms with E-state index in [0.717, 1.165) is 24.3 Å². The molecule has 0 saturated heterocycles. The molecule has 3 heteroatoms. The van der Waals surface area contributed by atoms with Crippen LogP contribution in [0.15, 0.2) is 29.2 Å². The van der Waals surface area contributed by atoms with Crippen molar-refractivity contribution in [2.24, 2.45) is 0 Å². The van der Waals surface area contributed by atoms with Gasteiger partial charge in [0.2, 0.25) is 0 Å². The van der Waals surface area contributed by atoms with Gasteiger partial charge in [-0.05, 0) is 49.4 Å². The van der Waals surface area contributed by atoms with Crippen molar-refractivity contribution >= 4 is 10.8 Å². The minimum Gasteiger partial charge on any atom is -0.314 e. The maximum atomic E-state index is 12.7. The standard InChI is InChI=1S/C17H27NOS/c1-4-18-15-6-5-7-17(12-15)20(19)16-10-8-14(9-11-16)13(2)3/h8-11,13,15,17-18H,4-7,12H2,1-3H3. The molecule has 0 radical (unpaired) electrons. The molecule has 0 amide bonds. The summed E-state index contributed by atoms with van der Waals surface area (Å²) >= 11 is 0. The van der Waals surface area contributed by atoms with E-state index in [2.05, 4.69) is 50.4 Å². The van der Waals surface area contributed by atoms with E-state index in [-0.39, 0.29) is 0 Å². The van der Waals surface area contributed by atoms with Crippen LogP contribution in [-0.4, -0.2) is 22.0 Å². The molecular weight excluding hydrogens is 266 g/mol. The van der Waals surface area contributed by atoms with Crippen molar-refractivity contribution < 1.29 is 4.21 Å². The Kier molecular flexibility index (Phi) is 5.79. The normalized spacial score (nSPS) is 24.8. The van der Waals surface area contributed by atoms with Crippen LogP contribution < -0.4 is 5.32 Å². The Morgan fingerprint density at radius 3 is 2.55 bits per heavy atom. The summed E-state index contributed by atoms with van der Waals surface area (Å²) in [6, 6.07) is 8.92. The van der Waals surface area contributed by atoms with Crippen molar-refractivity contribution in [3.05, 3.63) is 29.8 Å². The Hall–Kier alpha value is -0.670. The van der Waals surface area contributed by atoms with Crippen LogP contribution in [-0.2, 0) is 10.8 Å². The molecule has 20 heavy (non-hydrogen) atoms. The summed E-state index contributed by atoms with van der Waals surface area (Å²) in [7, 11) is -0.856. The Morgan fingerprint density at radius 2 is 1.95 bits per heavy atom. The van der Waals surface area contributed by atoms with Gasteiger partial charge in [0.05, 0.1) is 10.8 Å². The van der Waals surface area contributed by atoms with Crippen molar-refractivity contribution in [2.45, 2.75) is 68.6 Å². The van der Waals surface area contributed by atoms with Crippen LogP contribution in [0.25, 0.3) is 0 Å². The molecule has 0 bridgehead atoms. The summed E-state index contributed by atoms with van der Waals surface area (Å²) in [5, 5.41) is 3.83. The van der Waals surface area contributed by atoms with Gasteiger partial charge in [-0.25, -0.2) is 0 Å². The summed E-state index contributed by atoms with van der Waals surface area (Å²) < 4.78 is 12.7. The molecule has 1 N–H and O–H groups in total. The molecule has 1 saturated carbocycles. The van der Waals surface area contributed by atoms with Crippen molar-refractivity contribution in [3.63, 3.8) is 0 Å². The highest BCUT2D eigenvalue weighted by molar-refractivity contribution is 7.85. The highest BCUT2D eigenvalue weighted by Crippen LogP contribution is 2.27. The van der Waals surface area contributed by atoms with Crippen LogP contribution >= 0.6 is 0 Å². The highest BCUT2D eigenvalue weighted by Gasteiger charge is 2.26. The minimum absolute atomic E-state index is 0.317. The molecule has 2 nitrogen and oxygen atoms in total. The van der Waals surface area contributed by atoms with Crippen molar-refractivity contribution in [1.82, 2.24) is 5.32 Å². The highest BCUT2D eigenvalue weighted by atomic mass is 32.2. The van der Waals surface area contributed by atoms with E-state index in [4.69, 9.17) is 0 Å². The maximum Gasteiger partial charge on any atom is 0.0561 e. The topological polar surface area (TPSA) is 29.1 Å². The molecule has 0 aliphatic heterocycles. The molecule has 1 fully saturated rings. The molecule has 3 unspecified atom stereocenters.